The van der Waals surface area contributed by atoms with Gasteiger partial charge in [0, 0.05) is 0 Å². The molecule has 14 heteroatoms. The van der Waals surface area contributed by atoms with Crippen molar-refractivity contribution >= 4 is 5.97 Å². The summed E-state index contributed by atoms with van der Waals surface area (Å²) in [6, 6.07) is 0. The molecule has 0 aromatic heterocycles. The van der Waals surface area contributed by atoms with Crippen LogP contribution in [-0.4, -0.2) is 48.6 Å². The second-order valence-corrected chi connectivity index (χ2v) is 4.63. The first kappa shape index (κ1) is 23.4. The monoisotopic (exact) mass is 400 g/mol. The molecule has 0 radical (unpaired) electrons. The molecule has 2 nitrogen and oxygen atoms in total. The second-order valence-electron chi connectivity index (χ2n) is 4.63. The molecule has 0 heterocycles. The summed E-state index contributed by atoms with van der Waals surface area (Å²) in [5.41, 5.74) is -2.95. The van der Waals surface area contributed by atoms with Crippen LogP contribution in [0.25, 0.3) is 0 Å². The number of carbonyl (C=O) groups is 1. The van der Waals surface area contributed by atoms with E-state index in [0.29, 0.717) is 0 Å². The third-order valence-corrected chi connectivity index (χ3v) is 2.70. The van der Waals surface area contributed by atoms with E-state index in [1.807, 2.05) is 6.58 Å². The SMILES string of the molecule is C=C(C(=O)OCC(F)(F)F)C(F)(F)C(F)(F)C(F)(F)C(F)(F)C(C)F. The fourth-order valence-corrected chi connectivity index (χ4v) is 1.21. The highest BCUT2D eigenvalue weighted by Crippen LogP contribution is 2.55. The lowest BCUT2D eigenvalue weighted by molar-refractivity contribution is -0.366. The van der Waals surface area contributed by atoms with Crippen molar-refractivity contribution in [2.75, 3.05) is 6.61 Å². The molecule has 0 rings (SSSR count). The van der Waals surface area contributed by atoms with Gasteiger partial charge in [-0.2, -0.15) is 48.3 Å². The van der Waals surface area contributed by atoms with Gasteiger partial charge in [0.25, 0.3) is 0 Å². The summed E-state index contributed by atoms with van der Waals surface area (Å²) in [6.45, 7) is -1.00. The third-order valence-electron chi connectivity index (χ3n) is 2.70. The summed E-state index contributed by atoms with van der Waals surface area (Å²) < 4.78 is 156. The van der Waals surface area contributed by atoms with Crippen molar-refractivity contribution < 1.29 is 62.2 Å². The van der Waals surface area contributed by atoms with Gasteiger partial charge in [0.15, 0.2) is 12.8 Å². The zero-order valence-corrected chi connectivity index (χ0v) is 11.8. The van der Waals surface area contributed by atoms with Gasteiger partial charge in [-0.3, -0.25) is 0 Å². The van der Waals surface area contributed by atoms with Gasteiger partial charge in [0.05, 0.1) is 0 Å². The molecule has 0 N–H and O–H groups in total. The standard InChI is InChI=1S/C11H8F12O2/c1-4(6(24)25-3-7(13,14)15)8(16,17)10(20,21)11(22,23)9(18,19)5(2)12/h5H,1,3H2,2H3. The van der Waals surface area contributed by atoms with E-state index >= 15 is 0 Å². The molecule has 0 aliphatic rings. The van der Waals surface area contributed by atoms with E-state index in [0.717, 1.165) is 0 Å². The predicted octanol–water partition coefficient (Wildman–Crippen LogP) is 4.55. The van der Waals surface area contributed by atoms with Gasteiger partial charge in [0.2, 0.25) is 0 Å². The Morgan fingerprint density at radius 3 is 1.64 bits per heavy atom. The molecule has 1 atom stereocenters. The van der Waals surface area contributed by atoms with Crippen LogP contribution in [-0.2, 0) is 9.53 Å². The lowest BCUT2D eigenvalue weighted by atomic mass is 9.92. The van der Waals surface area contributed by atoms with Gasteiger partial charge >= 0.3 is 35.8 Å². The molecule has 148 valence electrons. The Hall–Kier alpha value is -1.63. The quantitative estimate of drug-likeness (QED) is 0.356. The van der Waals surface area contributed by atoms with Crippen LogP contribution in [0.2, 0.25) is 0 Å². The van der Waals surface area contributed by atoms with Crippen LogP contribution >= 0.6 is 0 Å². The Balaban J connectivity index is 5.74. The minimum Gasteiger partial charge on any atom is -0.453 e. The minimum atomic E-state index is -7.10. The molecule has 0 aromatic carbocycles. The lowest BCUT2D eigenvalue weighted by Gasteiger charge is -2.37. The molecule has 0 aromatic rings. The number of esters is 1. The third kappa shape index (κ3) is 4.14. The molecule has 0 fully saturated rings. The molecule has 1 unspecified atom stereocenters. The van der Waals surface area contributed by atoms with Crippen LogP contribution in [0, 0.1) is 0 Å². The van der Waals surface area contributed by atoms with E-state index in [2.05, 4.69) is 4.74 Å². The first-order valence-electron chi connectivity index (χ1n) is 5.82. The smallest absolute Gasteiger partial charge is 0.422 e. The summed E-state index contributed by atoms with van der Waals surface area (Å²) >= 11 is 0. The van der Waals surface area contributed by atoms with Gasteiger partial charge in [-0.15, -0.1) is 0 Å². The topological polar surface area (TPSA) is 26.3 Å². The molecule has 0 aliphatic carbocycles. The molecule has 0 aliphatic heterocycles. The molecule has 0 saturated heterocycles. The van der Waals surface area contributed by atoms with E-state index in [1.54, 1.807) is 0 Å². The minimum absolute atomic E-state index is 0.325. The highest BCUT2D eigenvalue weighted by Gasteiger charge is 2.82. The van der Waals surface area contributed by atoms with Crippen LogP contribution in [0.3, 0.4) is 0 Å². The van der Waals surface area contributed by atoms with E-state index in [4.69, 9.17) is 0 Å². The van der Waals surface area contributed by atoms with Crippen molar-refractivity contribution in [3.05, 3.63) is 12.2 Å². The first-order valence-corrected chi connectivity index (χ1v) is 5.82. The van der Waals surface area contributed by atoms with E-state index in [1.165, 1.54) is 0 Å². The summed E-state index contributed by atoms with van der Waals surface area (Å²) in [7, 11) is 0. The van der Waals surface area contributed by atoms with Gasteiger partial charge in [0.1, 0.15) is 5.57 Å². The average molecular weight is 400 g/mol. The molecule has 0 saturated carbocycles. The van der Waals surface area contributed by atoms with Crippen molar-refractivity contribution in [3.63, 3.8) is 0 Å². The maximum atomic E-state index is 13.4. The summed E-state index contributed by atoms with van der Waals surface area (Å²) in [5, 5.41) is 0. The van der Waals surface area contributed by atoms with Gasteiger partial charge < -0.3 is 4.74 Å². The van der Waals surface area contributed by atoms with Crippen LogP contribution < -0.4 is 0 Å². The van der Waals surface area contributed by atoms with E-state index < -0.39 is 54.2 Å². The summed E-state index contributed by atoms with van der Waals surface area (Å²) in [4.78, 5) is 10.9. The number of hydrogen-bond acceptors (Lipinski definition) is 2. The Labute approximate surface area is 131 Å². The van der Waals surface area contributed by atoms with Crippen molar-refractivity contribution in [1.82, 2.24) is 0 Å². The van der Waals surface area contributed by atoms with Gasteiger partial charge in [-0.25, -0.2) is 9.18 Å². The number of halogens is 12. The predicted molar refractivity (Wildman–Crippen MR) is 56.5 cm³/mol. The van der Waals surface area contributed by atoms with Crippen molar-refractivity contribution in [2.24, 2.45) is 0 Å². The molecular weight excluding hydrogens is 392 g/mol. The van der Waals surface area contributed by atoms with Gasteiger partial charge in [-0.05, 0) is 6.92 Å². The molecule has 25 heavy (non-hydrogen) atoms. The van der Waals surface area contributed by atoms with Crippen LogP contribution in [0.1, 0.15) is 6.92 Å². The Morgan fingerprint density at radius 1 is 0.920 bits per heavy atom. The lowest BCUT2D eigenvalue weighted by Crippen LogP contribution is -2.65. The fraction of sp³-hybridized carbons (Fsp3) is 0.727. The zero-order valence-electron chi connectivity index (χ0n) is 11.8. The Bertz CT molecular complexity index is 520. The highest BCUT2D eigenvalue weighted by atomic mass is 19.4. The molecular formula is C11H8F12O2. The second kappa shape index (κ2) is 6.59. The number of carbonyl (C=O) groups excluding carboxylic acids is 1. The Kier molecular flexibility index (Phi) is 6.16. The average Bonchev–Trinajstić information content (AvgIpc) is 2.42. The van der Waals surface area contributed by atoms with E-state index in [9.17, 15) is 57.5 Å². The van der Waals surface area contributed by atoms with Crippen LogP contribution in [0.5, 0.6) is 0 Å². The van der Waals surface area contributed by atoms with Crippen LogP contribution in [0.15, 0.2) is 12.2 Å². The first-order chi connectivity index (χ1) is 10.7. The number of alkyl halides is 12. The number of hydrogen-bond donors (Lipinski definition) is 0. The summed E-state index contributed by atoms with van der Waals surface area (Å²) in [6.07, 6.45) is -9.32. The van der Waals surface area contributed by atoms with Crippen molar-refractivity contribution in [3.8, 4) is 0 Å². The van der Waals surface area contributed by atoms with Crippen molar-refractivity contribution in [1.29, 1.82) is 0 Å². The normalized spacial score (nSPS) is 15.7. The van der Waals surface area contributed by atoms with Crippen molar-refractivity contribution in [2.45, 2.75) is 43.0 Å². The highest BCUT2D eigenvalue weighted by molar-refractivity contribution is 5.90. The fourth-order valence-electron chi connectivity index (χ4n) is 1.21. The van der Waals surface area contributed by atoms with E-state index in [-0.39, 0.29) is 6.92 Å². The molecule has 0 amide bonds. The maximum absolute atomic E-state index is 13.4. The molecule has 0 spiro atoms. The maximum Gasteiger partial charge on any atom is 0.422 e. The number of rotatable bonds is 7. The largest absolute Gasteiger partial charge is 0.453 e. The summed E-state index contributed by atoms with van der Waals surface area (Å²) in [5.74, 6) is -29.8. The Morgan fingerprint density at radius 2 is 1.32 bits per heavy atom. The van der Waals surface area contributed by atoms with Crippen LogP contribution in [0.4, 0.5) is 52.7 Å². The molecule has 0 bridgehead atoms. The number of ether oxygens (including phenoxy) is 1. The van der Waals surface area contributed by atoms with Gasteiger partial charge in [-0.1, -0.05) is 6.58 Å². The zero-order chi connectivity index (χ0) is 20.6.